The van der Waals surface area contributed by atoms with Crippen molar-refractivity contribution in [3.63, 3.8) is 0 Å². The summed E-state index contributed by atoms with van der Waals surface area (Å²) >= 11 is 7.50. The van der Waals surface area contributed by atoms with E-state index >= 15 is 0 Å². The Morgan fingerprint density at radius 3 is 2.76 bits per heavy atom. The molecule has 3 heterocycles. The Hall–Kier alpha value is -3.23. The van der Waals surface area contributed by atoms with Crippen LogP contribution in [0.5, 0.6) is 5.75 Å². The fourth-order valence-corrected chi connectivity index (χ4v) is 5.25. The molecule has 2 aromatic heterocycles. The van der Waals surface area contributed by atoms with Crippen LogP contribution in [0.3, 0.4) is 0 Å². The largest absolute Gasteiger partial charge is 0.494 e. The van der Waals surface area contributed by atoms with Crippen LogP contribution in [0.2, 0.25) is 5.02 Å². The Morgan fingerprint density at radius 2 is 1.97 bits per heavy atom. The summed E-state index contributed by atoms with van der Waals surface area (Å²) in [5.74, 6) is 0.252. The lowest BCUT2D eigenvalue weighted by Gasteiger charge is -2.22. The predicted molar refractivity (Wildman–Crippen MR) is 132 cm³/mol. The molecule has 174 valence electrons. The summed E-state index contributed by atoms with van der Waals surface area (Å²) in [6.45, 7) is 4.65. The van der Waals surface area contributed by atoms with Gasteiger partial charge >= 0.3 is 0 Å². The lowest BCUT2D eigenvalue weighted by atomic mass is 9.98. The first-order valence-electron chi connectivity index (χ1n) is 11.2. The van der Waals surface area contributed by atoms with Crippen molar-refractivity contribution in [3.05, 3.63) is 79.6 Å². The van der Waals surface area contributed by atoms with E-state index in [4.69, 9.17) is 20.8 Å². The number of carbonyl (C=O) groups excluding carboxylic acids is 1. The van der Waals surface area contributed by atoms with E-state index in [0.29, 0.717) is 33.5 Å². The van der Waals surface area contributed by atoms with Crippen molar-refractivity contribution < 1.29 is 13.9 Å². The number of amides is 1. The first kappa shape index (κ1) is 22.6. The van der Waals surface area contributed by atoms with Gasteiger partial charge < -0.3 is 9.15 Å². The van der Waals surface area contributed by atoms with E-state index in [9.17, 15) is 9.59 Å². The van der Waals surface area contributed by atoms with E-state index in [1.54, 1.807) is 18.2 Å². The number of halogens is 1. The van der Waals surface area contributed by atoms with Gasteiger partial charge in [0.25, 0.3) is 5.91 Å². The van der Waals surface area contributed by atoms with Crippen LogP contribution in [0.1, 0.15) is 59.4 Å². The van der Waals surface area contributed by atoms with Crippen LogP contribution in [0, 0.1) is 0 Å². The molecule has 0 saturated carbocycles. The Labute approximate surface area is 204 Å². The maximum atomic E-state index is 13.7. The first-order chi connectivity index (χ1) is 16.5. The lowest BCUT2D eigenvalue weighted by Crippen LogP contribution is -2.29. The molecule has 1 aliphatic rings. The van der Waals surface area contributed by atoms with Gasteiger partial charge in [-0.05, 0) is 48.7 Å². The van der Waals surface area contributed by atoms with Crippen LogP contribution in [0.4, 0.5) is 5.13 Å². The molecule has 1 aliphatic heterocycles. The van der Waals surface area contributed by atoms with Gasteiger partial charge in [0.05, 0.1) is 23.6 Å². The fourth-order valence-electron chi connectivity index (χ4n) is 4.11. The quantitative estimate of drug-likeness (QED) is 0.322. The van der Waals surface area contributed by atoms with Crippen molar-refractivity contribution in [2.75, 3.05) is 11.5 Å². The third kappa shape index (κ3) is 3.86. The standard InChI is InChI=1S/C25H22ClN3O4S/c1-3-6-19-27-28-25(34-19)29-21(14-7-5-8-16(12-14)32-11-4-2)20-22(30)17-13-15(26)9-10-18(17)33-23(20)24(29)31/h5,7-10,12-13,21H,3-4,6,11H2,1-2H3. The van der Waals surface area contributed by atoms with Crippen molar-refractivity contribution in [1.29, 1.82) is 0 Å². The van der Waals surface area contributed by atoms with Crippen molar-refractivity contribution in [3.8, 4) is 5.75 Å². The molecule has 34 heavy (non-hydrogen) atoms. The highest BCUT2D eigenvalue weighted by molar-refractivity contribution is 7.15. The topological polar surface area (TPSA) is 85.5 Å². The summed E-state index contributed by atoms with van der Waals surface area (Å²) < 4.78 is 11.8. The third-order valence-electron chi connectivity index (χ3n) is 5.60. The molecule has 0 aliphatic carbocycles. The lowest BCUT2D eigenvalue weighted by molar-refractivity contribution is 0.0970. The van der Waals surface area contributed by atoms with Crippen LogP contribution >= 0.6 is 22.9 Å². The molecule has 1 unspecified atom stereocenters. The Bertz CT molecular complexity index is 1450. The zero-order chi connectivity index (χ0) is 23.8. The van der Waals surface area contributed by atoms with E-state index in [1.165, 1.54) is 16.2 Å². The fraction of sp³-hybridized carbons (Fsp3) is 0.280. The summed E-state index contributed by atoms with van der Waals surface area (Å²) in [5, 5.41) is 10.5. The Balaban J connectivity index is 1.72. The van der Waals surface area contributed by atoms with Crippen LogP contribution in [0.25, 0.3) is 11.0 Å². The number of rotatable bonds is 7. The molecule has 0 spiro atoms. The van der Waals surface area contributed by atoms with Crippen molar-refractivity contribution in [1.82, 2.24) is 10.2 Å². The highest BCUT2D eigenvalue weighted by Crippen LogP contribution is 2.43. The number of hydrogen-bond acceptors (Lipinski definition) is 7. The summed E-state index contributed by atoms with van der Waals surface area (Å²) in [7, 11) is 0. The zero-order valence-corrected chi connectivity index (χ0v) is 20.3. The number of aromatic nitrogens is 2. The van der Waals surface area contributed by atoms with Crippen LogP contribution in [-0.2, 0) is 6.42 Å². The van der Waals surface area contributed by atoms with Gasteiger partial charge in [-0.15, -0.1) is 10.2 Å². The number of aryl methyl sites for hydroxylation is 1. The maximum absolute atomic E-state index is 13.7. The van der Waals surface area contributed by atoms with Gasteiger partial charge in [0, 0.05) is 11.4 Å². The van der Waals surface area contributed by atoms with Gasteiger partial charge in [-0.1, -0.05) is 48.9 Å². The minimum atomic E-state index is -0.727. The van der Waals surface area contributed by atoms with Crippen molar-refractivity contribution in [2.45, 2.75) is 39.2 Å². The molecule has 0 fully saturated rings. The molecule has 2 aromatic carbocycles. The minimum absolute atomic E-state index is 0.0111. The number of fused-ring (bicyclic) bond motifs is 2. The first-order valence-corrected chi connectivity index (χ1v) is 12.4. The van der Waals surface area contributed by atoms with E-state index in [2.05, 4.69) is 17.1 Å². The SMILES string of the molecule is CCCOc1cccc(C2c3c(oc4ccc(Cl)cc4c3=O)C(=O)N2c2nnc(CCC)s2)c1. The number of anilines is 1. The number of benzene rings is 2. The van der Waals surface area contributed by atoms with Gasteiger partial charge in [0.1, 0.15) is 16.3 Å². The Kier molecular flexibility index (Phi) is 6.10. The Morgan fingerprint density at radius 1 is 1.12 bits per heavy atom. The second-order valence-electron chi connectivity index (χ2n) is 8.04. The monoisotopic (exact) mass is 495 g/mol. The van der Waals surface area contributed by atoms with E-state index in [1.807, 2.05) is 31.2 Å². The molecule has 4 aromatic rings. The van der Waals surface area contributed by atoms with Gasteiger partial charge in [0.15, 0.2) is 5.43 Å². The molecular formula is C25H22ClN3O4S. The highest BCUT2D eigenvalue weighted by atomic mass is 35.5. The number of ether oxygens (including phenoxy) is 1. The van der Waals surface area contributed by atoms with Gasteiger partial charge in [0.2, 0.25) is 10.9 Å². The smallest absolute Gasteiger partial charge is 0.297 e. The molecule has 9 heteroatoms. The molecule has 5 rings (SSSR count). The molecule has 0 saturated heterocycles. The van der Waals surface area contributed by atoms with Gasteiger partial charge in [-0.2, -0.15) is 0 Å². The molecular weight excluding hydrogens is 474 g/mol. The van der Waals surface area contributed by atoms with Crippen molar-refractivity contribution >= 4 is 44.9 Å². The van der Waals surface area contributed by atoms with Crippen molar-refractivity contribution in [2.24, 2.45) is 0 Å². The van der Waals surface area contributed by atoms with Crippen LogP contribution in [0.15, 0.2) is 51.7 Å². The van der Waals surface area contributed by atoms with Crippen LogP contribution in [-0.4, -0.2) is 22.7 Å². The third-order valence-corrected chi connectivity index (χ3v) is 6.82. The molecule has 0 N–H and O–H groups in total. The number of carbonyl (C=O) groups is 1. The molecule has 0 radical (unpaired) electrons. The molecule has 1 amide bonds. The maximum Gasteiger partial charge on any atom is 0.297 e. The number of nitrogens with zero attached hydrogens (tertiary/aromatic N) is 3. The molecule has 1 atom stereocenters. The highest BCUT2D eigenvalue weighted by Gasteiger charge is 2.45. The average Bonchev–Trinajstić information content (AvgIpc) is 3.41. The normalized spacial score (nSPS) is 15.2. The second-order valence-corrected chi connectivity index (χ2v) is 9.52. The van der Waals surface area contributed by atoms with Crippen LogP contribution < -0.4 is 15.1 Å². The van der Waals surface area contributed by atoms with E-state index < -0.39 is 11.9 Å². The molecule has 0 bridgehead atoms. The summed E-state index contributed by atoms with van der Waals surface area (Å²) in [5.41, 5.74) is 1.00. The van der Waals surface area contributed by atoms with E-state index in [-0.39, 0.29) is 16.8 Å². The van der Waals surface area contributed by atoms with Gasteiger partial charge in [-0.3, -0.25) is 14.5 Å². The predicted octanol–water partition coefficient (Wildman–Crippen LogP) is 5.79. The summed E-state index contributed by atoms with van der Waals surface area (Å²) in [6.07, 6.45) is 2.54. The summed E-state index contributed by atoms with van der Waals surface area (Å²) in [6, 6.07) is 11.5. The second kappa shape index (κ2) is 9.19. The minimum Gasteiger partial charge on any atom is -0.494 e. The van der Waals surface area contributed by atoms with Gasteiger partial charge in [-0.25, -0.2) is 0 Å². The summed E-state index contributed by atoms with van der Waals surface area (Å²) in [4.78, 5) is 28.8. The average molecular weight is 496 g/mol. The molecule has 7 nitrogen and oxygen atoms in total. The van der Waals surface area contributed by atoms with E-state index in [0.717, 1.165) is 29.8 Å². The number of hydrogen-bond donors (Lipinski definition) is 0. The zero-order valence-electron chi connectivity index (χ0n) is 18.7.